The number of carbonyl (C=O) groups is 3. The lowest BCUT2D eigenvalue weighted by atomic mass is 9.87. The van der Waals surface area contributed by atoms with Gasteiger partial charge in [-0.15, -0.1) is 10.2 Å². The molecule has 0 unspecified atom stereocenters. The first-order valence-corrected chi connectivity index (χ1v) is 10.5. The number of likely N-dealkylation sites (tertiary alicyclic amines) is 1. The summed E-state index contributed by atoms with van der Waals surface area (Å²) in [5.74, 6) is 0.0106. The Bertz CT molecular complexity index is 754. The third kappa shape index (κ3) is 4.33. The van der Waals surface area contributed by atoms with Gasteiger partial charge >= 0.3 is 6.03 Å². The first-order chi connectivity index (χ1) is 13.2. The summed E-state index contributed by atoms with van der Waals surface area (Å²) in [5.41, 5.74) is -0.877. The third-order valence-electron chi connectivity index (χ3n) is 5.06. The van der Waals surface area contributed by atoms with Crippen LogP contribution in [0.15, 0.2) is 0 Å². The van der Waals surface area contributed by atoms with Crippen molar-refractivity contribution in [3.05, 3.63) is 5.01 Å². The van der Waals surface area contributed by atoms with E-state index in [-0.39, 0.29) is 18.4 Å². The first kappa shape index (κ1) is 20.7. The number of piperidine rings is 1. The predicted octanol–water partition coefficient (Wildman–Crippen LogP) is 1.64. The van der Waals surface area contributed by atoms with E-state index in [4.69, 9.17) is 0 Å². The number of urea groups is 1. The minimum atomic E-state index is -0.877. The molecule has 10 heteroatoms. The molecular formula is C18H28N6O3S. The van der Waals surface area contributed by atoms with Crippen LogP contribution in [0.1, 0.15) is 51.5 Å². The van der Waals surface area contributed by atoms with E-state index in [0.29, 0.717) is 23.9 Å². The van der Waals surface area contributed by atoms with Gasteiger partial charge in [-0.1, -0.05) is 39.0 Å². The third-order valence-corrected chi connectivity index (χ3v) is 6.20. The monoisotopic (exact) mass is 408 g/mol. The molecule has 1 aromatic rings. The average Bonchev–Trinajstić information content (AvgIpc) is 3.16. The van der Waals surface area contributed by atoms with Crippen molar-refractivity contribution >= 4 is 34.3 Å². The highest BCUT2D eigenvalue weighted by molar-refractivity contribution is 7.15. The summed E-state index contributed by atoms with van der Waals surface area (Å²) >= 11 is 1.29. The van der Waals surface area contributed by atoms with Gasteiger partial charge in [-0.05, 0) is 18.8 Å². The summed E-state index contributed by atoms with van der Waals surface area (Å²) in [6.07, 6.45) is 1.13. The second kappa shape index (κ2) is 8.12. The molecule has 0 atom stereocenters. The van der Waals surface area contributed by atoms with E-state index < -0.39 is 17.5 Å². The van der Waals surface area contributed by atoms with Crippen LogP contribution in [0, 0.1) is 5.92 Å². The van der Waals surface area contributed by atoms with Crippen molar-refractivity contribution in [2.45, 2.75) is 52.0 Å². The number of nitrogens with one attached hydrogen (secondary N) is 2. The van der Waals surface area contributed by atoms with E-state index in [0.717, 1.165) is 29.5 Å². The summed E-state index contributed by atoms with van der Waals surface area (Å²) < 4.78 is 0. The molecule has 2 fully saturated rings. The highest BCUT2D eigenvalue weighted by Gasteiger charge is 2.52. The molecule has 154 valence electrons. The van der Waals surface area contributed by atoms with Crippen molar-refractivity contribution in [1.29, 1.82) is 0 Å². The topological polar surface area (TPSA) is 108 Å². The molecule has 9 nitrogen and oxygen atoms in total. The summed E-state index contributed by atoms with van der Waals surface area (Å²) in [5, 5.41) is 14.6. The molecule has 2 aliphatic heterocycles. The summed E-state index contributed by atoms with van der Waals surface area (Å²) in [6, 6.07) is -0.502. The molecule has 28 heavy (non-hydrogen) atoms. The molecular weight excluding hydrogens is 380 g/mol. The van der Waals surface area contributed by atoms with Crippen LogP contribution in [0.5, 0.6) is 0 Å². The zero-order valence-corrected chi connectivity index (χ0v) is 17.6. The molecule has 4 amide bonds. The molecule has 0 aromatic carbocycles. The summed E-state index contributed by atoms with van der Waals surface area (Å²) in [6.45, 7) is 10.5. The molecule has 0 radical (unpaired) electrons. The van der Waals surface area contributed by atoms with E-state index in [2.05, 4.69) is 39.6 Å². The molecule has 0 aliphatic carbocycles. The maximum absolute atomic E-state index is 12.9. The zero-order chi connectivity index (χ0) is 20.5. The first-order valence-electron chi connectivity index (χ1n) is 9.70. The van der Waals surface area contributed by atoms with Crippen molar-refractivity contribution in [1.82, 2.24) is 25.3 Å². The van der Waals surface area contributed by atoms with Crippen LogP contribution in [0.2, 0.25) is 0 Å². The Labute approximate surface area is 168 Å². The second-order valence-electron chi connectivity index (χ2n) is 8.25. The highest BCUT2D eigenvalue weighted by atomic mass is 32.1. The number of hydrogen-bond acceptors (Lipinski definition) is 7. The van der Waals surface area contributed by atoms with Gasteiger partial charge in [0, 0.05) is 25.6 Å². The van der Waals surface area contributed by atoms with Crippen molar-refractivity contribution in [2.75, 3.05) is 31.5 Å². The van der Waals surface area contributed by atoms with Crippen LogP contribution < -0.4 is 10.6 Å². The van der Waals surface area contributed by atoms with Crippen LogP contribution in [0.4, 0.5) is 9.93 Å². The number of anilines is 1. The number of hydrogen-bond donors (Lipinski definition) is 2. The van der Waals surface area contributed by atoms with E-state index in [1.54, 1.807) is 0 Å². The standard InChI is InChI=1S/C18H28N6O3S/c1-11(2)9-23-7-5-18(6-8-23)15(26)24(17(27)20-18)10-13(25)19-16-22-21-14(28-16)12(3)4/h11-12H,5-10H2,1-4H3,(H,20,27)(H,19,22,25). The van der Waals surface area contributed by atoms with Crippen LogP contribution in [-0.4, -0.2) is 69.6 Å². The molecule has 2 N–H and O–H groups in total. The lowest BCUT2D eigenvalue weighted by molar-refractivity contribution is -0.135. The van der Waals surface area contributed by atoms with Crippen molar-refractivity contribution < 1.29 is 14.4 Å². The van der Waals surface area contributed by atoms with Crippen molar-refractivity contribution in [2.24, 2.45) is 5.92 Å². The molecule has 1 spiro atoms. The fourth-order valence-electron chi connectivity index (χ4n) is 3.61. The highest BCUT2D eigenvalue weighted by Crippen LogP contribution is 2.30. The van der Waals surface area contributed by atoms with Gasteiger partial charge in [0.05, 0.1) is 0 Å². The summed E-state index contributed by atoms with van der Waals surface area (Å²) in [4.78, 5) is 40.9. The molecule has 0 saturated carbocycles. The largest absolute Gasteiger partial charge is 0.325 e. The molecule has 1 aromatic heterocycles. The van der Waals surface area contributed by atoms with Gasteiger partial charge in [-0.25, -0.2) is 4.79 Å². The maximum Gasteiger partial charge on any atom is 0.325 e. The van der Waals surface area contributed by atoms with E-state index in [1.165, 1.54) is 11.3 Å². The quantitative estimate of drug-likeness (QED) is 0.693. The van der Waals surface area contributed by atoms with Gasteiger partial charge < -0.3 is 10.2 Å². The number of carbonyl (C=O) groups excluding carboxylic acids is 3. The number of aromatic nitrogens is 2. The molecule has 0 bridgehead atoms. The number of imide groups is 1. The second-order valence-corrected chi connectivity index (χ2v) is 9.26. The molecule has 3 heterocycles. The molecule has 2 saturated heterocycles. The van der Waals surface area contributed by atoms with Gasteiger partial charge in [0.2, 0.25) is 11.0 Å². The molecule has 3 rings (SSSR count). The van der Waals surface area contributed by atoms with Gasteiger partial charge in [0.1, 0.15) is 17.1 Å². The van der Waals surface area contributed by atoms with Crippen LogP contribution in [-0.2, 0) is 9.59 Å². The fraction of sp³-hybridized carbons (Fsp3) is 0.722. The lowest BCUT2D eigenvalue weighted by Gasteiger charge is -2.37. The Morgan fingerprint density at radius 3 is 2.46 bits per heavy atom. The van der Waals surface area contributed by atoms with Crippen LogP contribution >= 0.6 is 11.3 Å². The Hall–Kier alpha value is -2.07. The molecule has 2 aliphatic rings. The van der Waals surface area contributed by atoms with E-state index >= 15 is 0 Å². The SMILES string of the molecule is CC(C)CN1CCC2(CC1)NC(=O)N(CC(=O)Nc1nnc(C(C)C)s1)C2=O. The van der Waals surface area contributed by atoms with Crippen molar-refractivity contribution in [3.8, 4) is 0 Å². The predicted molar refractivity (Wildman–Crippen MR) is 106 cm³/mol. The lowest BCUT2D eigenvalue weighted by Crippen LogP contribution is -2.55. The van der Waals surface area contributed by atoms with E-state index in [1.807, 2.05) is 13.8 Å². The Kier molecular flexibility index (Phi) is 5.99. The fourth-order valence-corrected chi connectivity index (χ4v) is 4.38. The van der Waals surface area contributed by atoms with Crippen LogP contribution in [0.25, 0.3) is 0 Å². The van der Waals surface area contributed by atoms with Crippen LogP contribution in [0.3, 0.4) is 0 Å². The zero-order valence-electron chi connectivity index (χ0n) is 16.8. The minimum Gasteiger partial charge on any atom is -0.323 e. The normalized spacial score (nSPS) is 19.7. The van der Waals surface area contributed by atoms with Gasteiger partial charge in [-0.3, -0.25) is 19.8 Å². The maximum atomic E-state index is 12.9. The minimum absolute atomic E-state index is 0.218. The number of nitrogens with zero attached hydrogens (tertiary/aromatic N) is 4. The summed E-state index contributed by atoms with van der Waals surface area (Å²) in [7, 11) is 0. The number of rotatable bonds is 6. The Morgan fingerprint density at radius 1 is 1.21 bits per heavy atom. The number of amides is 4. The smallest absolute Gasteiger partial charge is 0.323 e. The van der Waals surface area contributed by atoms with Gasteiger partial charge in [0.25, 0.3) is 5.91 Å². The Balaban J connectivity index is 1.58. The van der Waals surface area contributed by atoms with E-state index in [9.17, 15) is 14.4 Å². The Morgan fingerprint density at radius 2 is 1.89 bits per heavy atom. The van der Waals surface area contributed by atoms with Gasteiger partial charge in [-0.2, -0.15) is 0 Å². The average molecular weight is 409 g/mol. The van der Waals surface area contributed by atoms with Crippen molar-refractivity contribution in [3.63, 3.8) is 0 Å². The van der Waals surface area contributed by atoms with Gasteiger partial charge in [0.15, 0.2) is 0 Å².